The Morgan fingerprint density at radius 1 is 1.29 bits per heavy atom. The number of thioether (sulfide) groups is 1. The molecule has 0 atom stereocenters. The van der Waals surface area contributed by atoms with Gasteiger partial charge in [0.2, 0.25) is 0 Å². The van der Waals surface area contributed by atoms with E-state index in [0.717, 1.165) is 27.9 Å². The van der Waals surface area contributed by atoms with Crippen LogP contribution in [0, 0.1) is 0 Å². The van der Waals surface area contributed by atoms with Gasteiger partial charge in [-0.15, -0.1) is 0 Å². The van der Waals surface area contributed by atoms with Crippen LogP contribution in [0.5, 0.6) is 0 Å². The Kier molecular flexibility index (Phi) is 6.70. The van der Waals surface area contributed by atoms with Crippen LogP contribution in [0.4, 0.5) is 0 Å². The molecule has 0 N–H and O–H groups in total. The van der Waals surface area contributed by atoms with E-state index in [1.807, 2.05) is 23.6 Å². The molecule has 1 nitrogen and oxygen atoms in total. The molecule has 0 aliphatic rings. The normalized spacial score (nSPS) is 11.4. The van der Waals surface area contributed by atoms with Gasteiger partial charge in [-0.1, -0.05) is 54.3 Å². The van der Waals surface area contributed by atoms with Crippen LogP contribution in [-0.4, -0.2) is 22.3 Å². The molecule has 0 bridgehead atoms. The first-order valence-electron chi connectivity index (χ1n) is 5.59. The summed E-state index contributed by atoms with van der Waals surface area (Å²) >= 11 is 11.3. The molecule has 1 aromatic carbocycles. The lowest BCUT2D eigenvalue weighted by molar-refractivity contribution is 0.482. The smallest absolute Gasteiger partial charge is 0.141 e. The first-order chi connectivity index (χ1) is 8.22. The molecule has 0 amide bonds. The predicted molar refractivity (Wildman–Crippen MR) is 86.5 cm³/mol. The van der Waals surface area contributed by atoms with Crippen molar-refractivity contribution in [2.24, 2.45) is 0 Å². The van der Waals surface area contributed by atoms with E-state index in [0.29, 0.717) is 0 Å². The van der Waals surface area contributed by atoms with Gasteiger partial charge in [0.05, 0.1) is 0 Å². The summed E-state index contributed by atoms with van der Waals surface area (Å²) in [7, 11) is 0. The Balaban J connectivity index is 2.76. The fraction of sp³-hybridized carbons (Fsp3) is 0.308. The second-order valence-corrected chi connectivity index (χ2v) is 5.33. The minimum absolute atomic E-state index is 0.902. The van der Waals surface area contributed by atoms with Crippen molar-refractivity contribution in [3.8, 4) is 0 Å². The van der Waals surface area contributed by atoms with Crippen molar-refractivity contribution < 1.29 is 0 Å². The molecule has 4 heteroatoms. The molecule has 0 spiro atoms. The first kappa shape index (κ1) is 14.6. The third-order valence-corrected chi connectivity index (χ3v) is 4.34. The average Bonchev–Trinajstić information content (AvgIpc) is 2.38. The zero-order valence-electron chi connectivity index (χ0n) is 10.1. The molecule has 0 fully saturated rings. The molecule has 0 saturated carbocycles. The van der Waals surface area contributed by atoms with E-state index in [2.05, 4.69) is 43.5 Å². The minimum atomic E-state index is 0.902. The molecule has 1 rings (SSSR count). The zero-order valence-corrected chi connectivity index (χ0v) is 12.6. The van der Waals surface area contributed by atoms with Crippen molar-refractivity contribution in [1.29, 1.82) is 0 Å². The molecule has 0 saturated heterocycles. The van der Waals surface area contributed by atoms with Crippen molar-refractivity contribution in [2.45, 2.75) is 13.8 Å². The Bertz CT molecular complexity index is 383. The number of nitrogens with zero attached hydrogens (tertiary/aromatic N) is 1. The second kappa shape index (κ2) is 7.80. The quantitative estimate of drug-likeness (QED) is 0.649. The fourth-order valence-electron chi connectivity index (χ4n) is 1.40. The van der Waals surface area contributed by atoms with E-state index in [1.54, 1.807) is 11.8 Å². The van der Waals surface area contributed by atoms with Crippen molar-refractivity contribution in [1.82, 2.24) is 4.90 Å². The molecular weight excluding hydrogens is 266 g/mol. The lowest BCUT2D eigenvalue weighted by Crippen LogP contribution is -2.26. The van der Waals surface area contributed by atoms with Gasteiger partial charge in [0, 0.05) is 18.0 Å². The van der Waals surface area contributed by atoms with E-state index in [1.165, 1.54) is 0 Å². The van der Waals surface area contributed by atoms with Crippen LogP contribution in [0.3, 0.4) is 0 Å². The summed E-state index contributed by atoms with van der Waals surface area (Å²) in [5.74, 6) is 0. The van der Waals surface area contributed by atoms with E-state index in [4.69, 9.17) is 12.2 Å². The maximum atomic E-state index is 5.43. The molecule has 0 aliphatic heterocycles. The van der Waals surface area contributed by atoms with Crippen LogP contribution < -0.4 is 0 Å². The van der Waals surface area contributed by atoms with E-state index in [-0.39, 0.29) is 0 Å². The van der Waals surface area contributed by atoms with Gasteiger partial charge in [-0.3, -0.25) is 0 Å². The number of hydrogen-bond acceptors (Lipinski definition) is 3. The minimum Gasteiger partial charge on any atom is -0.358 e. The molecule has 0 radical (unpaired) electrons. The summed E-state index contributed by atoms with van der Waals surface area (Å²) in [6.45, 7) is 6.11. The van der Waals surface area contributed by atoms with Crippen molar-refractivity contribution >= 4 is 45.8 Å². The highest BCUT2D eigenvalue weighted by Gasteiger charge is 2.10. The van der Waals surface area contributed by atoms with Gasteiger partial charge in [-0.25, -0.2) is 0 Å². The maximum absolute atomic E-state index is 5.43. The Morgan fingerprint density at radius 2 is 1.88 bits per heavy atom. The number of rotatable bonds is 4. The standard InChI is InChI=1S/C13H17NS3/c1-3-14(4-2)13(16)17-12(10-15)11-8-6-5-7-9-11/h5-10,15H,3-4H2,1-2H3/b12-10+. The van der Waals surface area contributed by atoms with Gasteiger partial charge in [0.1, 0.15) is 4.32 Å². The van der Waals surface area contributed by atoms with E-state index < -0.39 is 0 Å². The van der Waals surface area contributed by atoms with Crippen LogP contribution in [0.2, 0.25) is 0 Å². The van der Waals surface area contributed by atoms with Gasteiger partial charge in [0.25, 0.3) is 0 Å². The van der Waals surface area contributed by atoms with Crippen LogP contribution in [0.1, 0.15) is 19.4 Å². The molecule has 0 aromatic heterocycles. The van der Waals surface area contributed by atoms with Gasteiger partial charge < -0.3 is 4.90 Å². The predicted octanol–water partition coefficient (Wildman–Crippen LogP) is 4.27. The lowest BCUT2D eigenvalue weighted by atomic mass is 10.2. The Hall–Kier alpha value is -0.450. The van der Waals surface area contributed by atoms with Crippen molar-refractivity contribution in [2.75, 3.05) is 13.1 Å². The van der Waals surface area contributed by atoms with Crippen LogP contribution in [0.25, 0.3) is 4.91 Å². The third-order valence-electron chi connectivity index (χ3n) is 2.39. The summed E-state index contributed by atoms with van der Waals surface area (Å²) in [5, 5.41) is 1.82. The summed E-state index contributed by atoms with van der Waals surface area (Å²) < 4.78 is 0.902. The summed E-state index contributed by atoms with van der Waals surface area (Å²) in [6.07, 6.45) is 0. The molecule has 92 valence electrons. The highest BCUT2D eigenvalue weighted by molar-refractivity contribution is 8.29. The molecule has 0 heterocycles. The molecule has 1 aromatic rings. The molecule has 17 heavy (non-hydrogen) atoms. The second-order valence-electron chi connectivity index (χ2n) is 3.40. The summed E-state index contributed by atoms with van der Waals surface area (Å²) in [4.78, 5) is 3.26. The Morgan fingerprint density at radius 3 is 2.35 bits per heavy atom. The van der Waals surface area contributed by atoms with Crippen LogP contribution in [0.15, 0.2) is 35.7 Å². The number of hydrogen-bond donors (Lipinski definition) is 1. The Labute approximate surface area is 119 Å². The van der Waals surface area contributed by atoms with E-state index in [9.17, 15) is 0 Å². The molecule has 0 unspecified atom stereocenters. The van der Waals surface area contributed by atoms with Crippen LogP contribution >= 0.6 is 36.6 Å². The van der Waals surface area contributed by atoms with Crippen LogP contribution in [-0.2, 0) is 0 Å². The van der Waals surface area contributed by atoms with Crippen molar-refractivity contribution in [3.63, 3.8) is 0 Å². The largest absolute Gasteiger partial charge is 0.358 e. The fourth-order valence-corrected chi connectivity index (χ4v) is 3.12. The average molecular weight is 283 g/mol. The zero-order chi connectivity index (χ0) is 12.7. The third kappa shape index (κ3) is 4.37. The topological polar surface area (TPSA) is 3.24 Å². The first-order valence-corrected chi connectivity index (χ1v) is 7.33. The summed E-state index contributed by atoms with van der Waals surface area (Å²) in [6, 6.07) is 10.2. The number of thiocarbonyl (C=S) groups is 1. The van der Waals surface area contributed by atoms with Gasteiger partial charge in [-0.2, -0.15) is 12.6 Å². The highest BCUT2D eigenvalue weighted by Crippen LogP contribution is 2.30. The number of benzene rings is 1. The molecule has 0 aliphatic carbocycles. The van der Waals surface area contributed by atoms with Gasteiger partial charge in [0.15, 0.2) is 0 Å². The maximum Gasteiger partial charge on any atom is 0.141 e. The van der Waals surface area contributed by atoms with E-state index >= 15 is 0 Å². The van der Waals surface area contributed by atoms with Gasteiger partial charge >= 0.3 is 0 Å². The lowest BCUT2D eigenvalue weighted by Gasteiger charge is -2.21. The molecular formula is C13H17NS3. The SMILES string of the molecule is CCN(CC)C(=S)S/C(=C/S)c1ccccc1. The summed E-state index contributed by atoms with van der Waals surface area (Å²) in [5.41, 5.74) is 1.15. The van der Waals surface area contributed by atoms with Gasteiger partial charge in [-0.05, 0) is 24.8 Å². The monoisotopic (exact) mass is 283 g/mol. The highest BCUT2D eigenvalue weighted by atomic mass is 32.2. The number of thiol groups is 1. The van der Waals surface area contributed by atoms with Crippen molar-refractivity contribution in [3.05, 3.63) is 41.3 Å².